The van der Waals surface area contributed by atoms with E-state index in [0.717, 1.165) is 45.4 Å². The fourth-order valence-corrected chi connectivity index (χ4v) is 2.93. The molecule has 2 rings (SSSR count). The van der Waals surface area contributed by atoms with Crippen LogP contribution in [0.5, 0.6) is 0 Å². The van der Waals surface area contributed by atoms with Crippen molar-refractivity contribution in [2.24, 2.45) is 11.3 Å². The molecule has 4 nitrogen and oxygen atoms in total. The monoisotopic (exact) mass is 269 g/mol. The molecule has 19 heavy (non-hydrogen) atoms. The molecule has 110 valence electrons. The van der Waals surface area contributed by atoms with Crippen molar-refractivity contribution in [2.75, 3.05) is 26.3 Å². The third kappa shape index (κ3) is 3.93. The lowest BCUT2D eigenvalue weighted by molar-refractivity contribution is -0.163. The molecule has 0 amide bonds. The number of esters is 1. The molecular weight excluding hydrogens is 242 g/mol. The number of hydrogen-bond acceptors (Lipinski definition) is 4. The second-order valence-electron chi connectivity index (χ2n) is 6.35. The first-order valence-corrected chi connectivity index (χ1v) is 7.60. The third-order valence-electron chi connectivity index (χ3n) is 4.52. The van der Waals surface area contributed by atoms with Gasteiger partial charge in [-0.1, -0.05) is 0 Å². The van der Waals surface area contributed by atoms with Crippen LogP contribution in [0.2, 0.25) is 0 Å². The topological polar surface area (TPSA) is 47.6 Å². The number of hydrogen-bond donors (Lipinski definition) is 1. The highest BCUT2D eigenvalue weighted by atomic mass is 16.6. The van der Waals surface area contributed by atoms with Crippen LogP contribution >= 0.6 is 0 Å². The average Bonchev–Trinajstić information content (AvgIpc) is 2.46. The first-order chi connectivity index (χ1) is 9.10. The van der Waals surface area contributed by atoms with Gasteiger partial charge in [-0.15, -0.1) is 0 Å². The summed E-state index contributed by atoms with van der Waals surface area (Å²) < 4.78 is 11.1. The Bertz CT molecular complexity index is 292. The van der Waals surface area contributed by atoms with Crippen molar-refractivity contribution in [2.45, 2.75) is 52.1 Å². The second-order valence-corrected chi connectivity index (χ2v) is 6.35. The summed E-state index contributed by atoms with van der Waals surface area (Å²) in [6.45, 7) is 7.23. The molecule has 2 aliphatic heterocycles. The Labute approximate surface area is 116 Å². The highest BCUT2D eigenvalue weighted by molar-refractivity contribution is 5.76. The van der Waals surface area contributed by atoms with Gasteiger partial charge in [0, 0.05) is 6.61 Å². The molecule has 1 N–H and O–H groups in total. The number of rotatable bonds is 4. The van der Waals surface area contributed by atoms with Crippen molar-refractivity contribution in [1.82, 2.24) is 5.32 Å². The van der Waals surface area contributed by atoms with Crippen molar-refractivity contribution in [3.8, 4) is 0 Å². The average molecular weight is 269 g/mol. The zero-order valence-corrected chi connectivity index (χ0v) is 12.2. The predicted molar refractivity (Wildman–Crippen MR) is 73.9 cm³/mol. The maximum atomic E-state index is 12.3. The van der Waals surface area contributed by atoms with Gasteiger partial charge in [0.25, 0.3) is 0 Å². The van der Waals surface area contributed by atoms with Gasteiger partial charge in [0.2, 0.25) is 0 Å². The summed E-state index contributed by atoms with van der Waals surface area (Å²) >= 11 is 0. The molecular formula is C15H27NO3. The summed E-state index contributed by atoms with van der Waals surface area (Å²) in [4.78, 5) is 12.3. The SMILES string of the molecule is CC(C)(C(=O)OCC1CCCCO1)C1CCCNC1. The highest BCUT2D eigenvalue weighted by Crippen LogP contribution is 2.33. The Kier molecular flexibility index (Phi) is 5.22. The number of carbonyl (C=O) groups is 1. The van der Waals surface area contributed by atoms with Crippen LogP contribution in [0.25, 0.3) is 0 Å². The highest BCUT2D eigenvalue weighted by Gasteiger charge is 2.39. The van der Waals surface area contributed by atoms with Crippen molar-refractivity contribution in [3.63, 3.8) is 0 Å². The molecule has 2 unspecified atom stereocenters. The van der Waals surface area contributed by atoms with Crippen LogP contribution in [0, 0.1) is 11.3 Å². The molecule has 2 saturated heterocycles. The van der Waals surface area contributed by atoms with E-state index >= 15 is 0 Å². The largest absolute Gasteiger partial charge is 0.463 e. The van der Waals surface area contributed by atoms with Gasteiger partial charge < -0.3 is 14.8 Å². The van der Waals surface area contributed by atoms with E-state index < -0.39 is 5.41 Å². The Morgan fingerprint density at radius 2 is 2.16 bits per heavy atom. The molecule has 0 aromatic rings. The molecule has 0 spiro atoms. The summed E-state index contributed by atoms with van der Waals surface area (Å²) in [5.74, 6) is 0.302. The van der Waals surface area contributed by atoms with E-state index in [1.807, 2.05) is 13.8 Å². The minimum Gasteiger partial charge on any atom is -0.463 e. The van der Waals surface area contributed by atoms with Gasteiger partial charge in [0.15, 0.2) is 0 Å². The van der Waals surface area contributed by atoms with Gasteiger partial charge in [0.1, 0.15) is 6.61 Å². The fourth-order valence-electron chi connectivity index (χ4n) is 2.93. The summed E-state index contributed by atoms with van der Waals surface area (Å²) in [6, 6.07) is 0. The normalized spacial score (nSPS) is 28.9. The van der Waals surface area contributed by atoms with Crippen molar-refractivity contribution in [1.29, 1.82) is 0 Å². The molecule has 2 fully saturated rings. The van der Waals surface area contributed by atoms with E-state index in [-0.39, 0.29) is 12.1 Å². The molecule has 0 radical (unpaired) electrons. The standard InChI is InChI=1S/C15H27NO3/c1-15(2,12-6-5-8-16-10-12)14(17)19-11-13-7-3-4-9-18-13/h12-13,16H,3-11H2,1-2H3. The van der Waals surface area contributed by atoms with Crippen LogP contribution in [0.1, 0.15) is 46.0 Å². The Hall–Kier alpha value is -0.610. The van der Waals surface area contributed by atoms with E-state index in [1.54, 1.807) is 0 Å². The summed E-state index contributed by atoms with van der Waals surface area (Å²) in [6.07, 6.45) is 5.68. The molecule has 4 heteroatoms. The first kappa shape index (κ1) is 14.8. The first-order valence-electron chi connectivity index (χ1n) is 7.60. The van der Waals surface area contributed by atoms with E-state index in [1.165, 1.54) is 6.42 Å². The van der Waals surface area contributed by atoms with E-state index in [9.17, 15) is 4.79 Å². The van der Waals surface area contributed by atoms with Gasteiger partial charge >= 0.3 is 5.97 Å². The molecule has 2 atom stereocenters. The second kappa shape index (κ2) is 6.71. The van der Waals surface area contributed by atoms with Crippen molar-refractivity contribution < 1.29 is 14.3 Å². The zero-order valence-electron chi connectivity index (χ0n) is 12.2. The maximum Gasteiger partial charge on any atom is 0.311 e. The smallest absolute Gasteiger partial charge is 0.311 e. The minimum atomic E-state index is -0.401. The predicted octanol–water partition coefficient (Wildman–Crippen LogP) is 2.12. The van der Waals surface area contributed by atoms with E-state index in [2.05, 4.69) is 5.32 Å². The van der Waals surface area contributed by atoms with Gasteiger partial charge in [0.05, 0.1) is 11.5 Å². The molecule has 2 heterocycles. The van der Waals surface area contributed by atoms with Gasteiger partial charge in [-0.25, -0.2) is 0 Å². The van der Waals surface area contributed by atoms with Crippen LogP contribution < -0.4 is 5.32 Å². The van der Waals surface area contributed by atoms with Crippen LogP contribution in [0.3, 0.4) is 0 Å². The number of piperidine rings is 1. The van der Waals surface area contributed by atoms with Gasteiger partial charge in [-0.3, -0.25) is 4.79 Å². The molecule has 0 aromatic carbocycles. The van der Waals surface area contributed by atoms with Gasteiger partial charge in [-0.05, 0) is 65.0 Å². The number of nitrogens with one attached hydrogen (secondary N) is 1. The minimum absolute atomic E-state index is 0.0737. The lowest BCUT2D eigenvalue weighted by Crippen LogP contribution is -2.44. The van der Waals surface area contributed by atoms with Crippen LogP contribution in [-0.4, -0.2) is 38.4 Å². The van der Waals surface area contributed by atoms with Crippen LogP contribution in [0.15, 0.2) is 0 Å². The van der Waals surface area contributed by atoms with Crippen molar-refractivity contribution in [3.05, 3.63) is 0 Å². The van der Waals surface area contributed by atoms with Crippen molar-refractivity contribution >= 4 is 5.97 Å². The quantitative estimate of drug-likeness (QED) is 0.794. The lowest BCUT2D eigenvalue weighted by Gasteiger charge is -2.35. The Morgan fingerprint density at radius 1 is 1.32 bits per heavy atom. The number of carbonyl (C=O) groups excluding carboxylic acids is 1. The fraction of sp³-hybridized carbons (Fsp3) is 0.933. The van der Waals surface area contributed by atoms with Gasteiger partial charge in [-0.2, -0.15) is 0 Å². The maximum absolute atomic E-state index is 12.3. The molecule has 2 aliphatic rings. The molecule has 0 aromatic heterocycles. The van der Waals surface area contributed by atoms with Crippen LogP contribution in [-0.2, 0) is 14.3 Å². The van der Waals surface area contributed by atoms with E-state index in [4.69, 9.17) is 9.47 Å². The summed E-state index contributed by atoms with van der Waals surface area (Å²) in [5, 5.41) is 3.37. The summed E-state index contributed by atoms with van der Waals surface area (Å²) in [7, 11) is 0. The van der Waals surface area contributed by atoms with E-state index in [0.29, 0.717) is 12.5 Å². The Morgan fingerprint density at radius 3 is 2.79 bits per heavy atom. The molecule has 0 bridgehead atoms. The zero-order chi connectivity index (χ0) is 13.7. The molecule has 0 saturated carbocycles. The lowest BCUT2D eigenvalue weighted by atomic mass is 9.75. The Balaban J connectivity index is 1.79. The summed E-state index contributed by atoms with van der Waals surface area (Å²) in [5.41, 5.74) is -0.401. The third-order valence-corrected chi connectivity index (χ3v) is 4.52. The molecule has 0 aliphatic carbocycles. The van der Waals surface area contributed by atoms with Crippen LogP contribution in [0.4, 0.5) is 0 Å². The number of ether oxygens (including phenoxy) is 2.